The van der Waals surface area contributed by atoms with Crippen LogP contribution in [0.15, 0.2) is 27.6 Å². The first-order valence-corrected chi connectivity index (χ1v) is 12.9. The number of unbranched alkanes of at least 4 members (excludes halogenated alkanes) is 6. The van der Waals surface area contributed by atoms with E-state index in [1.54, 1.807) is 4.90 Å². The molecule has 2 heterocycles. The molecule has 0 N–H and O–H groups in total. The molecule has 2 aliphatic rings. The van der Waals surface area contributed by atoms with E-state index in [1.165, 1.54) is 18.2 Å². The molecule has 3 rings (SSSR count). The molecule has 1 aromatic rings. The van der Waals surface area contributed by atoms with E-state index in [2.05, 4.69) is 29.8 Å². The third-order valence-electron chi connectivity index (χ3n) is 5.52. The first-order chi connectivity index (χ1) is 14.5. The Kier molecular flexibility index (Phi) is 8.54. The van der Waals surface area contributed by atoms with Gasteiger partial charge in [-0.05, 0) is 31.0 Å². The number of benzene rings is 1. The summed E-state index contributed by atoms with van der Waals surface area (Å²) in [5, 5.41) is 0. The highest BCUT2D eigenvalue weighted by atomic mass is 79.9. The molecule has 0 unspecified atom stereocenters. The van der Waals surface area contributed by atoms with Gasteiger partial charge in [-0.1, -0.05) is 92.3 Å². The zero-order valence-corrected chi connectivity index (χ0v) is 20.9. The van der Waals surface area contributed by atoms with E-state index in [0.717, 1.165) is 60.7 Å². The fraction of sp³-hybridized carbons (Fsp3) is 0.522. The topological polar surface area (TPSA) is 40.6 Å². The number of carbonyl (C=O) groups excluding carboxylic acids is 2. The number of amides is 2. The van der Waals surface area contributed by atoms with Gasteiger partial charge in [0.25, 0.3) is 11.8 Å². The Labute approximate surface area is 197 Å². The van der Waals surface area contributed by atoms with Gasteiger partial charge in [0.15, 0.2) is 0 Å². The third kappa shape index (κ3) is 5.00. The van der Waals surface area contributed by atoms with Gasteiger partial charge in [-0.2, -0.15) is 0 Å². The van der Waals surface area contributed by atoms with E-state index in [0.29, 0.717) is 27.9 Å². The molecule has 1 aromatic carbocycles. The number of nitrogens with zero attached hydrogens (tertiary/aromatic N) is 2. The van der Waals surface area contributed by atoms with Crippen LogP contribution in [0.4, 0.5) is 5.69 Å². The van der Waals surface area contributed by atoms with Crippen LogP contribution in [0.2, 0.25) is 0 Å². The molecule has 2 amide bonds. The number of halogens is 1. The number of fused-ring (bicyclic) bond motifs is 1. The number of thioether (sulfide) groups is 1. The Morgan fingerprint density at radius 1 is 0.900 bits per heavy atom. The Bertz CT molecular complexity index is 869. The van der Waals surface area contributed by atoms with Crippen molar-refractivity contribution in [2.24, 2.45) is 0 Å². The molecule has 0 aliphatic carbocycles. The van der Waals surface area contributed by atoms with Crippen molar-refractivity contribution in [3.05, 3.63) is 33.1 Å². The fourth-order valence-electron chi connectivity index (χ4n) is 3.88. The van der Waals surface area contributed by atoms with E-state index >= 15 is 0 Å². The van der Waals surface area contributed by atoms with Gasteiger partial charge in [-0.3, -0.25) is 14.5 Å². The molecule has 0 aromatic heterocycles. The first kappa shape index (κ1) is 23.5. The van der Waals surface area contributed by atoms with Gasteiger partial charge >= 0.3 is 0 Å². The molecule has 0 atom stereocenters. The lowest BCUT2D eigenvalue weighted by Crippen LogP contribution is -2.30. The Hall–Kier alpha value is -1.18. The number of hydrogen-bond acceptors (Lipinski definition) is 4. The highest BCUT2D eigenvalue weighted by Crippen LogP contribution is 2.45. The van der Waals surface area contributed by atoms with Gasteiger partial charge in [0, 0.05) is 23.1 Å². The predicted octanol–water partition coefficient (Wildman–Crippen LogP) is 6.53. The summed E-state index contributed by atoms with van der Waals surface area (Å²) in [5.74, 6) is -0.199. The van der Waals surface area contributed by atoms with E-state index in [9.17, 15) is 9.59 Å². The predicted molar refractivity (Wildman–Crippen MR) is 134 cm³/mol. The van der Waals surface area contributed by atoms with Gasteiger partial charge in [-0.25, -0.2) is 0 Å². The van der Waals surface area contributed by atoms with Crippen molar-refractivity contribution in [3.8, 4) is 0 Å². The Balaban J connectivity index is 1.88. The monoisotopic (exact) mass is 508 g/mol. The summed E-state index contributed by atoms with van der Waals surface area (Å²) in [5.41, 5.74) is 2.23. The van der Waals surface area contributed by atoms with Gasteiger partial charge < -0.3 is 4.90 Å². The second-order valence-corrected chi connectivity index (χ2v) is 10.3. The number of anilines is 1. The van der Waals surface area contributed by atoms with Crippen molar-refractivity contribution in [1.82, 2.24) is 4.90 Å². The summed E-state index contributed by atoms with van der Waals surface area (Å²) < 4.78 is 1.46. The maximum atomic E-state index is 13.4. The number of carbonyl (C=O) groups is 2. The summed E-state index contributed by atoms with van der Waals surface area (Å²) in [7, 11) is 0. The summed E-state index contributed by atoms with van der Waals surface area (Å²) in [6, 6.07) is 5.87. The van der Waals surface area contributed by atoms with Crippen molar-refractivity contribution in [3.63, 3.8) is 0 Å². The molecule has 162 valence electrons. The standard InChI is InChI=1S/C23H29BrN2O2S2/c1-3-5-7-9-13-25-18-12-11-16(24)15-17(18)19(21(25)27)20-22(28)26(23(29)30-20)14-10-8-6-4-2/h11-12,15H,3-10,13-14H2,1-2H3/b20-19-. The third-order valence-corrected chi connectivity index (χ3v) is 7.47. The minimum Gasteiger partial charge on any atom is -0.308 e. The van der Waals surface area contributed by atoms with Crippen LogP contribution in [0.25, 0.3) is 5.57 Å². The average molecular weight is 510 g/mol. The minimum atomic E-state index is -0.122. The average Bonchev–Trinajstić information content (AvgIpc) is 3.15. The molecule has 0 spiro atoms. The van der Waals surface area contributed by atoms with E-state index in [-0.39, 0.29) is 11.8 Å². The zero-order valence-electron chi connectivity index (χ0n) is 17.7. The second-order valence-electron chi connectivity index (χ2n) is 7.77. The van der Waals surface area contributed by atoms with Crippen molar-refractivity contribution >= 4 is 67.3 Å². The molecule has 1 fully saturated rings. The smallest absolute Gasteiger partial charge is 0.267 e. The van der Waals surface area contributed by atoms with Crippen LogP contribution < -0.4 is 4.90 Å². The summed E-state index contributed by atoms with van der Waals surface area (Å²) >= 11 is 10.3. The van der Waals surface area contributed by atoms with Crippen LogP contribution in [-0.2, 0) is 9.59 Å². The van der Waals surface area contributed by atoms with Crippen LogP contribution in [0.5, 0.6) is 0 Å². The molecule has 1 saturated heterocycles. The fourth-order valence-corrected chi connectivity index (χ4v) is 5.62. The van der Waals surface area contributed by atoms with Gasteiger partial charge in [0.1, 0.15) is 4.32 Å². The van der Waals surface area contributed by atoms with Crippen LogP contribution in [0, 0.1) is 0 Å². The summed E-state index contributed by atoms with van der Waals surface area (Å²) in [6.07, 6.45) is 8.70. The lowest BCUT2D eigenvalue weighted by molar-refractivity contribution is -0.122. The van der Waals surface area contributed by atoms with E-state index < -0.39 is 0 Å². The number of thiocarbonyl (C=S) groups is 1. The summed E-state index contributed by atoms with van der Waals surface area (Å²) in [6.45, 7) is 5.64. The van der Waals surface area contributed by atoms with Crippen LogP contribution in [-0.4, -0.2) is 34.1 Å². The normalized spacial score (nSPS) is 18.7. The minimum absolute atomic E-state index is 0.0777. The van der Waals surface area contributed by atoms with Crippen LogP contribution in [0.1, 0.15) is 70.8 Å². The molecule has 4 nitrogen and oxygen atoms in total. The SMILES string of the molecule is CCCCCCN1C(=O)/C(=C2/C(=O)N(CCCCCC)c3ccc(Br)cc32)SC1=S. The Morgan fingerprint density at radius 3 is 2.17 bits per heavy atom. The largest absolute Gasteiger partial charge is 0.308 e. The molecular formula is C23H29BrN2O2S2. The highest BCUT2D eigenvalue weighted by Gasteiger charge is 2.41. The van der Waals surface area contributed by atoms with Crippen LogP contribution in [0.3, 0.4) is 0 Å². The lowest BCUT2D eigenvalue weighted by atomic mass is 10.1. The van der Waals surface area contributed by atoms with E-state index in [1.807, 2.05) is 23.1 Å². The Morgan fingerprint density at radius 2 is 1.53 bits per heavy atom. The van der Waals surface area contributed by atoms with E-state index in [4.69, 9.17) is 12.2 Å². The molecular weight excluding hydrogens is 480 g/mol. The van der Waals surface area contributed by atoms with Crippen molar-refractivity contribution in [2.75, 3.05) is 18.0 Å². The molecule has 2 aliphatic heterocycles. The molecule has 30 heavy (non-hydrogen) atoms. The first-order valence-electron chi connectivity index (χ1n) is 10.9. The lowest BCUT2D eigenvalue weighted by Gasteiger charge is -2.17. The molecule has 0 bridgehead atoms. The molecule has 0 saturated carbocycles. The zero-order chi connectivity index (χ0) is 21.7. The number of rotatable bonds is 10. The second kappa shape index (κ2) is 10.9. The van der Waals surface area contributed by atoms with Gasteiger partial charge in [-0.15, -0.1) is 0 Å². The summed E-state index contributed by atoms with van der Waals surface area (Å²) in [4.78, 5) is 30.6. The molecule has 7 heteroatoms. The van der Waals surface area contributed by atoms with Gasteiger partial charge in [0.2, 0.25) is 0 Å². The van der Waals surface area contributed by atoms with Crippen LogP contribution >= 0.6 is 39.9 Å². The van der Waals surface area contributed by atoms with Gasteiger partial charge in [0.05, 0.1) is 16.2 Å². The molecule has 0 radical (unpaired) electrons. The quantitative estimate of drug-likeness (QED) is 0.204. The van der Waals surface area contributed by atoms with Crippen molar-refractivity contribution < 1.29 is 9.59 Å². The van der Waals surface area contributed by atoms with Crippen molar-refractivity contribution in [2.45, 2.75) is 65.2 Å². The number of hydrogen-bond donors (Lipinski definition) is 0. The maximum absolute atomic E-state index is 13.4. The highest BCUT2D eigenvalue weighted by molar-refractivity contribution is 9.10. The maximum Gasteiger partial charge on any atom is 0.267 e. The van der Waals surface area contributed by atoms with Crippen molar-refractivity contribution in [1.29, 1.82) is 0 Å².